The maximum absolute atomic E-state index is 3.77. The average Bonchev–Trinajstić information content (AvgIpc) is 2.03. The largest absolute Gasteiger partial charge is 0.0622 e. The fraction of sp³-hybridized carbons (Fsp3) is 0.400. The van der Waals surface area contributed by atoms with E-state index in [4.69, 9.17) is 0 Å². The Labute approximate surface area is 83.9 Å². The summed E-state index contributed by atoms with van der Waals surface area (Å²) in [5.41, 5.74) is 0. The monoisotopic (exact) mass is 244 g/mol. The van der Waals surface area contributed by atoms with E-state index in [0.717, 1.165) is 0 Å². The van der Waals surface area contributed by atoms with E-state index in [-0.39, 0.29) is 6.62 Å². The van der Waals surface area contributed by atoms with E-state index >= 15 is 0 Å². The zero-order chi connectivity index (χ0) is 9.19. The molecule has 66 valence electrons. The molecule has 0 saturated carbocycles. The lowest BCUT2D eigenvalue weighted by Gasteiger charge is -2.25. The van der Waals surface area contributed by atoms with Crippen molar-refractivity contribution in [1.82, 2.24) is 0 Å². The highest BCUT2D eigenvalue weighted by Crippen LogP contribution is 2.54. The Morgan fingerprint density at radius 2 is 1.58 bits per heavy atom. The van der Waals surface area contributed by atoms with Gasteiger partial charge in [-0.3, -0.25) is 0 Å². The van der Waals surface area contributed by atoms with Crippen LogP contribution in [0.15, 0.2) is 30.3 Å². The molecule has 0 amide bonds. The van der Waals surface area contributed by atoms with Crippen molar-refractivity contribution in [2.24, 2.45) is 0 Å². The summed E-state index contributed by atoms with van der Waals surface area (Å²) in [4.78, 5) is 0. The van der Waals surface area contributed by atoms with Gasteiger partial charge in [0, 0.05) is 6.62 Å². The summed E-state index contributed by atoms with van der Waals surface area (Å²) in [6, 6.07) is 10.6. The number of hydrogen-bond donors (Lipinski definition) is 0. The van der Waals surface area contributed by atoms with Crippen LogP contribution >= 0.6 is 22.1 Å². The Kier molecular flexibility index (Phi) is 3.31. The first-order valence-electron chi connectivity index (χ1n) is 4.03. The van der Waals surface area contributed by atoms with E-state index in [1.807, 2.05) is 0 Å². The molecule has 1 unspecified atom stereocenters. The Bertz CT molecular complexity index is 238. The van der Waals surface area contributed by atoms with E-state index in [2.05, 4.69) is 66.6 Å². The first kappa shape index (κ1) is 10.2. The summed E-state index contributed by atoms with van der Waals surface area (Å²) < 4.78 is 0. The molecule has 0 bridgehead atoms. The van der Waals surface area contributed by atoms with Crippen LogP contribution in [0.1, 0.15) is 20.8 Å². The van der Waals surface area contributed by atoms with Crippen molar-refractivity contribution in [2.75, 3.05) is 0 Å². The third kappa shape index (κ3) is 2.57. The Hall–Kier alpha value is 0.130. The molecular weight excluding hydrogens is 231 g/mol. The molecule has 0 aliphatic heterocycles. The van der Waals surface area contributed by atoms with Crippen molar-refractivity contribution in [2.45, 2.75) is 25.9 Å². The topological polar surface area (TPSA) is 0 Å². The molecule has 1 rings (SSSR count). The van der Waals surface area contributed by atoms with Crippen LogP contribution in [0.2, 0.25) is 0 Å². The second-order valence-corrected chi connectivity index (χ2v) is 8.33. The molecule has 0 aliphatic rings. The molecular formula is C10H14BrP. The van der Waals surface area contributed by atoms with Crippen LogP contribution < -0.4 is 5.30 Å². The van der Waals surface area contributed by atoms with E-state index in [1.54, 1.807) is 0 Å². The standard InChI is InChI=1S/C10H14BrP/c1-10(2,3)12(11)9-7-5-4-6-8-9/h4-8H,1-3H3. The van der Waals surface area contributed by atoms with Gasteiger partial charge in [0.05, 0.1) is 0 Å². The number of rotatable bonds is 1. The maximum Gasteiger partial charge on any atom is 0.000990 e. The lowest BCUT2D eigenvalue weighted by molar-refractivity contribution is 0.797. The smallest absolute Gasteiger partial charge is 0.000990 e. The molecule has 0 spiro atoms. The minimum atomic E-state index is -0.204. The quantitative estimate of drug-likeness (QED) is 0.658. The van der Waals surface area contributed by atoms with Gasteiger partial charge in [0.1, 0.15) is 0 Å². The highest BCUT2D eigenvalue weighted by atomic mass is 79.9. The maximum atomic E-state index is 3.77. The van der Waals surface area contributed by atoms with Crippen LogP contribution in [0.3, 0.4) is 0 Å². The molecule has 0 radical (unpaired) electrons. The SMILES string of the molecule is CC(C)(C)P(Br)c1ccccc1. The van der Waals surface area contributed by atoms with Crippen LogP contribution in [0, 0.1) is 0 Å². The molecule has 1 aromatic rings. The molecule has 2 heteroatoms. The fourth-order valence-corrected chi connectivity index (χ4v) is 2.86. The number of hydrogen-bond acceptors (Lipinski definition) is 0. The average molecular weight is 245 g/mol. The van der Waals surface area contributed by atoms with Crippen LogP contribution in [-0.2, 0) is 0 Å². The first-order chi connectivity index (χ1) is 5.52. The van der Waals surface area contributed by atoms with Gasteiger partial charge in [-0.2, -0.15) is 0 Å². The normalized spacial score (nSPS) is 14.3. The van der Waals surface area contributed by atoms with Gasteiger partial charge in [-0.25, -0.2) is 0 Å². The second-order valence-electron chi connectivity index (χ2n) is 3.79. The van der Waals surface area contributed by atoms with Crippen molar-refractivity contribution < 1.29 is 0 Å². The van der Waals surface area contributed by atoms with Crippen LogP contribution in [-0.4, -0.2) is 5.16 Å². The fourth-order valence-electron chi connectivity index (χ4n) is 0.946. The van der Waals surface area contributed by atoms with Gasteiger partial charge in [-0.1, -0.05) is 66.6 Å². The third-order valence-corrected chi connectivity index (χ3v) is 7.92. The van der Waals surface area contributed by atoms with Crippen molar-refractivity contribution in [3.05, 3.63) is 30.3 Å². The summed E-state index contributed by atoms with van der Waals surface area (Å²) in [5, 5.41) is 1.76. The van der Waals surface area contributed by atoms with Crippen LogP contribution in [0.25, 0.3) is 0 Å². The van der Waals surface area contributed by atoms with E-state index < -0.39 is 0 Å². The predicted molar refractivity (Wildman–Crippen MR) is 61.7 cm³/mol. The van der Waals surface area contributed by atoms with Crippen LogP contribution in [0.4, 0.5) is 0 Å². The number of benzene rings is 1. The lowest BCUT2D eigenvalue weighted by atomic mass is 10.3. The van der Waals surface area contributed by atoms with Gasteiger partial charge in [0.25, 0.3) is 0 Å². The van der Waals surface area contributed by atoms with Crippen molar-refractivity contribution in [1.29, 1.82) is 0 Å². The molecule has 0 aliphatic carbocycles. The van der Waals surface area contributed by atoms with Gasteiger partial charge >= 0.3 is 0 Å². The summed E-state index contributed by atoms with van der Waals surface area (Å²) in [6.45, 7) is 6.59. The van der Waals surface area contributed by atoms with Gasteiger partial charge in [0.15, 0.2) is 0 Å². The Morgan fingerprint density at radius 3 is 2.00 bits per heavy atom. The van der Waals surface area contributed by atoms with Crippen molar-refractivity contribution in [3.8, 4) is 0 Å². The highest BCUT2D eigenvalue weighted by Gasteiger charge is 2.22. The minimum Gasteiger partial charge on any atom is -0.0622 e. The molecule has 0 fully saturated rings. The van der Waals surface area contributed by atoms with E-state index in [9.17, 15) is 0 Å². The van der Waals surface area contributed by atoms with Gasteiger partial charge in [-0.05, 0) is 10.5 Å². The second kappa shape index (κ2) is 3.89. The summed E-state index contributed by atoms with van der Waals surface area (Å²) in [5.74, 6) is 0. The third-order valence-electron chi connectivity index (χ3n) is 1.57. The molecule has 0 heterocycles. The molecule has 0 N–H and O–H groups in total. The predicted octanol–water partition coefficient (Wildman–Crippen LogP) is 3.90. The minimum absolute atomic E-state index is 0.204. The zero-order valence-corrected chi connectivity index (χ0v) is 10.2. The Balaban J connectivity index is 2.86. The summed E-state index contributed by atoms with van der Waals surface area (Å²) in [6.07, 6.45) is 0. The van der Waals surface area contributed by atoms with Crippen molar-refractivity contribution >= 4 is 27.4 Å². The van der Waals surface area contributed by atoms with Gasteiger partial charge in [-0.15, -0.1) is 0 Å². The summed E-state index contributed by atoms with van der Waals surface area (Å²) in [7, 11) is 0. The molecule has 0 aromatic heterocycles. The summed E-state index contributed by atoms with van der Waals surface area (Å²) >= 11 is 3.77. The molecule has 0 saturated heterocycles. The lowest BCUT2D eigenvalue weighted by Crippen LogP contribution is -2.15. The van der Waals surface area contributed by atoms with Gasteiger partial charge < -0.3 is 0 Å². The molecule has 0 nitrogen and oxygen atoms in total. The highest BCUT2D eigenvalue weighted by molar-refractivity contribution is 9.40. The molecule has 1 atom stereocenters. The van der Waals surface area contributed by atoms with Crippen molar-refractivity contribution in [3.63, 3.8) is 0 Å². The van der Waals surface area contributed by atoms with E-state index in [0.29, 0.717) is 5.16 Å². The van der Waals surface area contributed by atoms with Crippen LogP contribution in [0.5, 0.6) is 0 Å². The Morgan fingerprint density at radius 1 is 1.08 bits per heavy atom. The van der Waals surface area contributed by atoms with E-state index in [1.165, 1.54) is 5.30 Å². The first-order valence-corrected chi connectivity index (χ1v) is 7.39. The number of halogens is 1. The molecule has 1 aromatic carbocycles. The van der Waals surface area contributed by atoms with Gasteiger partial charge in [0.2, 0.25) is 0 Å². The molecule has 12 heavy (non-hydrogen) atoms. The zero-order valence-electron chi connectivity index (χ0n) is 7.71.